The Morgan fingerprint density at radius 3 is 2.31 bits per heavy atom. The van der Waals surface area contributed by atoms with Crippen LogP contribution in [0.4, 0.5) is 0 Å². The summed E-state index contributed by atoms with van der Waals surface area (Å²) in [5, 5.41) is 8.30. The molecule has 4 heteroatoms. The van der Waals surface area contributed by atoms with Gasteiger partial charge in [-0.2, -0.15) is 0 Å². The van der Waals surface area contributed by atoms with Gasteiger partial charge in [-0.15, -0.1) is 0 Å². The van der Waals surface area contributed by atoms with Crippen LogP contribution in [0.2, 0.25) is 0 Å². The maximum absolute atomic E-state index is 11.0. The summed E-state index contributed by atoms with van der Waals surface area (Å²) in [6.45, 7) is 8.68. The van der Waals surface area contributed by atoms with Crippen molar-refractivity contribution in [2.24, 2.45) is 11.3 Å². The molecule has 1 atom stereocenters. The van der Waals surface area contributed by atoms with E-state index in [0.29, 0.717) is 6.61 Å². The normalized spacial score (nSPS) is 13.8. The summed E-state index contributed by atoms with van der Waals surface area (Å²) < 4.78 is 4.91. The molecule has 0 aliphatic heterocycles. The first-order valence-electron chi connectivity index (χ1n) is 5.28. The van der Waals surface area contributed by atoms with Crippen molar-refractivity contribution in [3.63, 3.8) is 0 Å². The topological polar surface area (TPSA) is 63.6 Å². The van der Waals surface area contributed by atoms with Gasteiger partial charge in [0.05, 0.1) is 6.61 Å². The van der Waals surface area contributed by atoms with E-state index < -0.39 is 11.9 Å². The van der Waals surface area contributed by atoms with Crippen molar-refractivity contribution in [1.29, 1.82) is 0 Å². The van der Waals surface area contributed by atoms with Crippen LogP contribution in [0, 0.1) is 11.3 Å². The fourth-order valence-corrected chi connectivity index (χ4v) is 1.52. The molecule has 0 saturated heterocycles. The lowest BCUT2D eigenvalue weighted by Gasteiger charge is -2.22. The third-order valence-corrected chi connectivity index (χ3v) is 1.83. The van der Waals surface area contributed by atoms with Crippen molar-refractivity contribution >= 4 is 11.9 Å². The standard InChI is InChI=1S/C12H20O4/c1-9(7-12(2,3)4)8-16-11(15)6-5-10(13)14/h5-6,9H,7-8H2,1-4H3,(H,13,14)/b6-5-. The van der Waals surface area contributed by atoms with Crippen molar-refractivity contribution in [2.45, 2.75) is 34.1 Å². The van der Waals surface area contributed by atoms with Gasteiger partial charge in [0.1, 0.15) is 0 Å². The quantitative estimate of drug-likeness (QED) is 0.579. The molecule has 0 aromatic rings. The Labute approximate surface area is 96.3 Å². The number of carboxylic acids is 1. The molecule has 0 heterocycles. The molecular formula is C12H20O4. The molecular weight excluding hydrogens is 208 g/mol. The first-order valence-corrected chi connectivity index (χ1v) is 5.28. The summed E-state index contributed by atoms with van der Waals surface area (Å²) in [6.07, 6.45) is 2.64. The van der Waals surface area contributed by atoms with Crippen molar-refractivity contribution in [2.75, 3.05) is 6.61 Å². The van der Waals surface area contributed by atoms with Gasteiger partial charge in [0, 0.05) is 12.2 Å². The number of aliphatic carboxylic acids is 1. The Hall–Kier alpha value is -1.32. The third kappa shape index (κ3) is 9.24. The maximum atomic E-state index is 11.0. The molecule has 4 nitrogen and oxygen atoms in total. The van der Waals surface area contributed by atoms with Gasteiger partial charge in [0.25, 0.3) is 0 Å². The highest BCUT2D eigenvalue weighted by atomic mass is 16.5. The van der Waals surface area contributed by atoms with Crippen molar-refractivity contribution < 1.29 is 19.4 Å². The van der Waals surface area contributed by atoms with Crippen LogP contribution in [0.15, 0.2) is 12.2 Å². The highest BCUT2D eigenvalue weighted by Crippen LogP contribution is 2.24. The molecule has 0 aliphatic rings. The van der Waals surface area contributed by atoms with E-state index in [1.54, 1.807) is 0 Å². The van der Waals surface area contributed by atoms with Gasteiger partial charge in [-0.05, 0) is 17.8 Å². The van der Waals surface area contributed by atoms with E-state index in [1.807, 2.05) is 6.92 Å². The van der Waals surface area contributed by atoms with Crippen LogP contribution in [0.5, 0.6) is 0 Å². The Balaban J connectivity index is 3.88. The average Bonchev–Trinajstić information content (AvgIpc) is 2.08. The van der Waals surface area contributed by atoms with Gasteiger partial charge < -0.3 is 9.84 Å². The molecule has 0 aromatic carbocycles. The highest BCUT2D eigenvalue weighted by Gasteiger charge is 2.16. The Morgan fingerprint density at radius 2 is 1.88 bits per heavy atom. The van der Waals surface area contributed by atoms with Crippen LogP contribution in [0.25, 0.3) is 0 Å². The average molecular weight is 228 g/mol. The summed E-state index contributed by atoms with van der Waals surface area (Å²) in [7, 11) is 0. The van der Waals surface area contributed by atoms with E-state index in [0.717, 1.165) is 18.6 Å². The summed E-state index contributed by atoms with van der Waals surface area (Å²) >= 11 is 0. The van der Waals surface area contributed by atoms with E-state index >= 15 is 0 Å². The molecule has 0 rings (SSSR count). The number of carbonyl (C=O) groups is 2. The molecule has 1 unspecified atom stereocenters. The minimum absolute atomic E-state index is 0.197. The lowest BCUT2D eigenvalue weighted by Crippen LogP contribution is -2.17. The van der Waals surface area contributed by atoms with Crippen molar-refractivity contribution in [3.05, 3.63) is 12.2 Å². The van der Waals surface area contributed by atoms with E-state index in [4.69, 9.17) is 9.84 Å². The number of ether oxygens (including phenoxy) is 1. The van der Waals surface area contributed by atoms with E-state index in [-0.39, 0.29) is 11.3 Å². The molecule has 0 radical (unpaired) electrons. The second kappa shape index (κ2) is 6.30. The first kappa shape index (κ1) is 14.7. The Kier molecular flexibility index (Phi) is 5.78. The minimum atomic E-state index is -1.15. The Morgan fingerprint density at radius 1 is 1.31 bits per heavy atom. The van der Waals surface area contributed by atoms with Crippen LogP contribution in [-0.2, 0) is 14.3 Å². The molecule has 0 aromatic heterocycles. The molecule has 0 fully saturated rings. The molecule has 0 aliphatic carbocycles. The Bertz CT molecular complexity index is 273. The number of hydrogen-bond acceptors (Lipinski definition) is 3. The zero-order chi connectivity index (χ0) is 12.8. The zero-order valence-electron chi connectivity index (χ0n) is 10.3. The zero-order valence-corrected chi connectivity index (χ0v) is 10.3. The third-order valence-electron chi connectivity index (χ3n) is 1.83. The molecule has 0 spiro atoms. The van der Waals surface area contributed by atoms with E-state index in [2.05, 4.69) is 20.8 Å². The molecule has 1 N–H and O–H groups in total. The molecule has 16 heavy (non-hydrogen) atoms. The maximum Gasteiger partial charge on any atom is 0.331 e. The predicted molar refractivity (Wildman–Crippen MR) is 61.0 cm³/mol. The molecule has 92 valence electrons. The van der Waals surface area contributed by atoms with Crippen molar-refractivity contribution in [1.82, 2.24) is 0 Å². The second-order valence-corrected chi connectivity index (χ2v) is 5.17. The SMILES string of the molecule is CC(COC(=O)/C=C\C(=O)O)CC(C)(C)C. The van der Waals surface area contributed by atoms with E-state index in [1.165, 1.54) is 0 Å². The monoisotopic (exact) mass is 228 g/mol. The van der Waals surface area contributed by atoms with Gasteiger partial charge in [-0.25, -0.2) is 9.59 Å². The van der Waals surface area contributed by atoms with Crippen LogP contribution < -0.4 is 0 Å². The predicted octanol–water partition coefficient (Wildman–Crippen LogP) is 2.24. The number of carboxylic acid groups (broad SMARTS) is 1. The number of rotatable bonds is 5. The van der Waals surface area contributed by atoms with Gasteiger partial charge in [0.2, 0.25) is 0 Å². The van der Waals surface area contributed by atoms with Crippen LogP contribution in [0.3, 0.4) is 0 Å². The van der Waals surface area contributed by atoms with Crippen LogP contribution in [-0.4, -0.2) is 23.7 Å². The lowest BCUT2D eigenvalue weighted by atomic mass is 9.86. The molecule has 0 amide bonds. The van der Waals surface area contributed by atoms with Crippen LogP contribution >= 0.6 is 0 Å². The van der Waals surface area contributed by atoms with Gasteiger partial charge in [0.15, 0.2) is 0 Å². The molecule has 0 bridgehead atoms. The fourth-order valence-electron chi connectivity index (χ4n) is 1.52. The highest BCUT2D eigenvalue weighted by molar-refractivity contribution is 5.90. The summed E-state index contributed by atoms with van der Waals surface area (Å²) in [6, 6.07) is 0. The number of hydrogen-bond donors (Lipinski definition) is 1. The number of carbonyl (C=O) groups excluding carboxylic acids is 1. The van der Waals surface area contributed by atoms with Gasteiger partial charge in [-0.3, -0.25) is 0 Å². The molecule has 0 saturated carbocycles. The summed E-state index contributed by atoms with van der Waals surface area (Å²) in [4.78, 5) is 21.2. The second-order valence-electron chi connectivity index (χ2n) is 5.17. The van der Waals surface area contributed by atoms with Gasteiger partial charge in [-0.1, -0.05) is 27.7 Å². The first-order chi connectivity index (χ1) is 7.20. The fraction of sp³-hybridized carbons (Fsp3) is 0.667. The lowest BCUT2D eigenvalue weighted by molar-refractivity contribution is -0.140. The van der Waals surface area contributed by atoms with E-state index in [9.17, 15) is 9.59 Å². The largest absolute Gasteiger partial charge is 0.478 e. The summed E-state index contributed by atoms with van der Waals surface area (Å²) in [5.41, 5.74) is 0.197. The minimum Gasteiger partial charge on any atom is -0.478 e. The summed E-state index contributed by atoms with van der Waals surface area (Å²) in [5.74, 6) is -1.50. The van der Waals surface area contributed by atoms with Crippen LogP contribution in [0.1, 0.15) is 34.1 Å². The number of esters is 1. The smallest absolute Gasteiger partial charge is 0.331 e. The van der Waals surface area contributed by atoms with Gasteiger partial charge >= 0.3 is 11.9 Å². The van der Waals surface area contributed by atoms with Crippen molar-refractivity contribution in [3.8, 4) is 0 Å².